The molecule has 2 unspecified atom stereocenters. The van der Waals surface area contributed by atoms with E-state index in [-0.39, 0.29) is 17.6 Å². The summed E-state index contributed by atoms with van der Waals surface area (Å²) in [5.74, 6) is 0.983. The molecule has 4 aliphatic rings. The van der Waals surface area contributed by atoms with Crippen LogP contribution >= 0.6 is 0 Å². The van der Waals surface area contributed by atoms with E-state index in [0.717, 1.165) is 47.3 Å². The second-order valence-corrected chi connectivity index (χ2v) is 13.8. The van der Waals surface area contributed by atoms with Crippen molar-refractivity contribution >= 4 is 6.41 Å². The van der Waals surface area contributed by atoms with Gasteiger partial charge in [-0.05, 0) is 79.8 Å². The molecule has 1 spiro atoms. The van der Waals surface area contributed by atoms with Crippen molar-refractivity contribution in [1.29, 1.82) is 0 Å². The van der Waals surface area contributed by atoms with Crippen LogP contribution in [0.3, 0.4) is 0 Å². The van der Waals surface area contributed by atoms with Crippen molar-refractivity contribution in [2.75, 3.05) is 46.6 Å². The highest BCUT2D eigenvalue weighted by atomic mass is 19.1. The number of carbonyl (C=O) groups excluding carboxylic acids is 1. The zero-order chi connectivity index (χ0) is 32.4. The molecule has 248 valence electrons. The SMILES string of the molecule is C[C@@H]1CCN(C)CC12CCCC2.O=CN1CCC(NC2(CF)COC2)CC1c1ccccc1.O=c1cc(-c2ccccc2)cc[nH]1. The zero-order valence-electron chi connectivity index (χ0n) is 27.5. The van der Waals surface area contributed by atoms with Crippen molar-refractivity contribution < 1.29 is 13.9 Å². The molecular weight excluding hydrogens is 579 g/mol. The van der Waals surface area contributed by atoms with E-state index in [1.54, 1.807) is 12.3 Å². The molecule has 46 heavy (non-hydrogen) atoms. The van der Waals surface area contributed by atoms with Gasteiger partial charge in [-0.25, -0.2) is 4.39 Å². The quantitative estimate of drug-likeness (QED) is 0.316. The third-order valence-electron chi connectivity index (χ3n) is 10.5. The second-order valence-electron chi connectivity index (χ2n) is 13.8. The molecule has 1 saturated carbocycles. The average Bonchev–Trinajstić information content (AvgIpc) is 3.55. The summed E-state index contributed by atoms with van der Waals surface area (Å²) in [6, 6.07) is 23.6. The Hall–Kier alpha value is -3.33. The van der Waals surface area contributed by atoms with Crippen molar-refractivity contribution in [1.82, 2.24) is 20.1 Å². The summed E-state index contributed by atoms with van der Waals surface area (Å²) in [6.07, 6.45) is 11.6. The van der Waals surface area contributed by atoms with E-state index in [1.165, 1.54) is 45.2 Å². The van der Waals surface area contributed by atoms with Crippen LogP contribution in [0.15, 0.2) is 83.8 Å². The number of piperidine rings is 2. The Labute approximate surface area is 273 Å². The van der Waals surface area contributed by atoms with Gasteiger partial charge in [0, 0.05) is 31.4 Å². The summed E-state index contributed by atoms with van der Waals surface area (Å²) >= 11 is 0. The molecule has 7 rings (SSSR count). The first kappa shape index (κ1) is 34.0. The first-order valence-corrected chi connectivity index (χ1v) is 17.0. The number of likely N-dealkylation sites (tertiary alicyclic amines) is 2. The standard InChI is InChI=1S/C16H21FN2O2.C11H9NO.C11H21N/c17-9-16(10-21-11-16)18-14-6-7-19(12-20)15(8-14)13-4-2-1-3-5-13;13-11-8-10(6-7-12-11)9-4-2-1-3-5-9;1-10-5-8-12(2)9-11(10)6-3-4-7-11/h1-5,12,14-15,18H,6-11H2;1-8H,(H,12,13);10H,3-9H2,1-2H3/t;;10-/m..1/s1. The molecule has 2 N–H and O–H groups in total. The summed E-state index contributed by atoms with van der Waals surface area (Å²) in [6.45, 7) is 6.33. The van der Waals surface area contributed by atoms with Crippen LogP contribution in [0.5, 0.6) is 0 Å². The summed E-state index contributed by atoms with van der Waals surface area (Å²) in [5.41, 5.74) is 3.30. The van der Waals surface area contributed by atoms with E-state index in [1.807, 2.05) is 71.6 Å². The number of pyridine rings is 1. The summed E-state index contributed by atoms with van der Waals surface area (Å²) in [7, 11) is 2.28. The van der Waals surface area contributed by atoms with Gasteiger partial charge >= 0.3 is 0 Å². The van der Waals surface area contributed by atoms with Gasteiger partial charge in [-0.1, -0.05) is 80.4 Å². The molecule has 8 heteroatoms. The largest absolute Gasteiger partial charge is 0.377 e. The first-order chi connectivity index (χ1) is 22.4. The maximum Gasteiger partial charge on any atom is 0.248 e. The number of nitrogens with one attached hydrogen (secondary N) is 2. The highest BCUT2D eigenvalue weighted by molar-refractivity contribution is 5.62. The number of nitrogens with zero attached hydrogens (tertiary/aromatic N) is 2. The van der Waals surface area contributed by atoms with Crippen molar-refractivity contribution in [2.45, 2.75) is 69.5 Å². The Balaban J connectivity index is 0.000000144. The number of H-pyrrole nitrogens is 1. The lowest BCUT2D eigenvalue weighted by atomic mass is 9.71. The number of aromatic nitrogens is 1. The van der Waals surface area contributed by atoms with E-state index in [9.17, 15) is 14.0 Å². The van der Waals surface area contributed by atoms with Crippen LogP contribution in [-0.2, 0) is 9.53 Å². The normalized spacial score (nSPS) is 24.9. The van der Waals surface area contributed by atoms with Crippen molar-refractivity contribution in [3.05, 3.63) is 94.9 Å². The molecule has 0 bridgehead atoms. The average molecular weight is 631 g/mol. The second kappa shape index (κ2) is 16.0. The molecular formula is C38H51FN4O3. The van der Waals surface area contributed by atoms with Gasteiger partial charge in [0.25, 0.3) is 0 Å². The zero-order valence-corrected chi connectivity index (χ0v) is 27.5. The molecule has 3 atom stereocenters. The maximum absolute atomic E-state index is 13.2. The summed E-state index contributed by atoms with van der Waals surface area (Å²) < 4.78 is 18.4. The van der Waals surface area contributed by atoms with Gasteiger partial charge in [0.15, 0.2) is 0 Å². The summed E-state index contributed by atoms with van der Waals surface area (Å²) in [4.78, 5) is 29.3. The molecule has 3 aromatic rings. The van der Waals surface area contributed by atoms with Crippen LogP contribution in [0, 0.1) is 11.3 Å². The number of halogens is 1. The number of rotatable bonds is 6. The van der Waals surface area contributed by atoms with E-state index in [0.29, 0.717) is 19.8 Å². The lowest BCUT2D eigenvalue weighted by Crippen LogP contribution is -2.65. The molecule has 3 saturated heterocycles. The Morgan fingerprint density at radius 2 is 1.67 bits per heavy atom. The van der Waals surface area contributed by atoms with E-state index >= 15 is 0 Å². The molecule has 3 aliphatic heterocycles. The number of hydrogen-bond acceptors (Lipinski definition) is 5. The van der Waals surface area contributed by atoms with Gasteiger partial charge < -0.3 is 24.8 Å². The number of hydrogen-bond donors (Lipinski definition) is 2. The Kier molecular flexibility index (Phi) is 11.8. The Bertz CT molecular complexity index is 1400. The van der Waals surface area contributed by atoms with Gasteiger partial charge in [-0.2, -0.15) is 0 Å². The number of benzene rings is 2. The maximum atomic E-state index is 13.2. The Morgan fingerprint density at radius 1 is 0.978 bits per heavy atom. The van der Waals surface area contributed by atoms with Crippen LogP contribution < -0.4 is 10.9 Å². The number of ether oxygens (including phenoxy) is 1. The fraction of sp³-hybridized carbons (Fsp3) is 0.526. The van der Waals surface area contributed by atoms with Gasteiger partial charge in [-0.3, -0.25) is 9.59 Å². The first-order valence-electron chi connectivity index (χ1n) is 17.0. The van der Waals surface area contributed by atoms with Gasteiger partial charge in [0.05, 0.1) is 24.8 Å². The minimum atomic E-state index is -0.505. The van der Waals surface area contributed by atoms with Crippen LogP contribution in [0.25, 0.3) is 11.1 Å². The van der Waals surface area contributed by atoms with Crippen LogP contribution in [0.1, 0.15) is 63.5 Å². The minimum Gasteiger partial charge on any atom is -0.377 e. The highest BCUT2D eigenvalue weighted by Crippen LogP contribution is 2.48. The number of aromatic amines is 1. The fourth-order valence-electron chi connectivity index (χ4n) is 7.70. The summed E-state index contributed by atoms with van der Waals surface area (Å²) in [5, 5.41) is 3.42. The molecule has 1 amide bonds. The van der Waals surface area contributed by atoms with Gasteiger partial charge in [0.2, 0.25) is 12.0 Å². The van der Waals surface area contributed by atoms with Crippen LogP contribution in [0.2, 0.25) is 0 Å². The highest BCUT2D eigenvalue weighted by Gasteiger charge is 2.43. The topological polar surface area (TPSA) is 77.7 Å². The van der Waals surface area contributed by atoms with E-state index < -0.39 is 12.2 Å². The van der Waals surface area contributed by atoms with Crippen LogP contribution in [-0.4, -0.2) is 79.3 Å². The third-order valence-corrected chi connectivity index (χ3v) is 10.5. The molecule has 1 aliphatic carbocycles. The fourth-order valence-corrected chi connectivity index (χ4v) is 7.70. The molecule has 7 nitrogen and oxygen atoms in total. The lowest BCUT2D eigenvalue weighted by molar-refractivity contribution is -0.123. The third kappa shape index (κ3) is 8.52. The monoisotopic (exact) mass is 630 g/mol. The molecule has 1 aromatic heterocycles. The van der Waals surface area contributed by atoms with Crippen molar-refractivity contribution in [3.63, 3.8) is 0 Å². The Morgan fingerprint density at radius 3 is 2.28 bits per heavy atom. The number of carbonyl (C=O) groups is 1. The van der Waals surface area contributed by atoms with Crippen LogP contribution in [0.4, 0.5) is 4.39 Å². The molecule has 4 fully saturated rings. The predicted octanol–water partition coefficient (Wildman–Crippen LogP) is 6.24. The van der Waals surface area contributed by atoms with Crippen molar-refractivity contribution in [3.8, 4) is 11.1 Å². The van der Waals surface area contributed by atoms with Gasteiger partial charge in [0.1, 0.15) is 6.67 Å². The lowest BCUT2D eigenvalue weighted by Gasteiger charge is -2.46. The number of amides is 1. The van der Waals surface area contributed by atoms with E-state index in [4.69, 9.17) is 4.74 Å². The predicted molar refractivity (Wildman–Crippen MR) is 182 cm³/mol. The van der Waals surface area contributed by atoms with Gasteiger partial charge in [-0.15, -0.1) is 0 Å². The smallest absolute Gasteiger partial charge is 0.248 e. The molecule has 4 heterocycles. The molecule has 0 radical (unpaired) electrons. The van der Waals surface area contributed by atoms with Crippen molar-refractivity contribution in [2.24, 2.45) is 11.3 Å². The minimum absolute atomic E-state index is 0.0626. The van der Waals surface area contributed by atoms with E-state index in [2.05, 4.69) is 29.2 Å². The number of alkyl halides is 1. The molecule has 2 aromatic carbocycles.